The smallest absolute Gasteiger partial charge is 0.0209 e. The van der Waals surface area contributed by atoms with E-state index in [9.17, 15) is 0 Å². The van der Waals surface area contributed by atoms with E-state index in [-0.39, 0.29) is 0 Å². The maximum Gasteiger partial charge on any atom is -0.0209 e. The van der Waals surface area contributed by atoms with E-state index < -0.39 is 0 Å². The van der Waals surface area contributed by atoms with Gasteiger partial charge in [-0.15, -0.1) is 0 Å². The third-order valence-corrected chi connectivity index (χ3v) is 2.68. The first-order valence-corrected chi connectivity index (χ1v) is 5.43. The van der Waals surface area contributed by atoms with Crippen LogP contribution in [0, 0.1) is 5.92 Å². The van der Waals surface area contributed by atoms with E-state index in [4.69, 9.17) is 0 Å². The van der Waals surface area contributed by atoms with Gasteiger partial charge in [0.05, 0.1) is 0 Å². The van der Waals surface area contributed by atoms with Gasteiger partial charge >= 0.3 is 0 Å². The fourth-order valence-corrected chi connectivity index (χ4v) is 1.63. The molecule has 0 rings (SSSR count). The highest BCUT2D eigenvalue weighted by atomic mass is 14.1. The van der Waals surface area contributed by atoms with Gasteiger partial charge in [0.2, 0.25) is 0 Å². The summed E-state index contributed by atoms with van der Waals surface area (Å²) in [5.74, 6) is 0.793. The molecule has 0 radical (unpaired) electrons. The van der Waals surface area contributed by atoms with Crippen LogP contribution in [-0.2, 0) is 0 Å². The molecule has 0 saturated heterocycles. The molecule has 0 heterocycles. The lowest BCUT2D eigenvalue weighted by Crippen LogP contribution is -2.01. The highest BCUT2D eigenvalue weighted by molar-refractivity contribution is 4.98. The Morgan fingerprint density at radius 1 is 1.17 bits per heavy atom. The lowest BCUT2D eigenvalue weighted by atomic mass is 9.90. The average Bonchev–Trinajstić information content (AvgIpc) is 2.11. The summed E-state index contributed by atoms with van der Waals surface area (Å²) < 4.78 is 0. The third-order valence-electron chi connectivity index (χ3n) is 2.68. The van der Waals surface area contributed by atoms with Crippen molar-refractivity contribution in [3.05, 3.63) is 12.2 Å². The first-order chi connectivity index (χ1) is 5.76. The molecule has 0 aliphatic rings. The Kier molecular flexibility index (Phi) is 7.23. The Morgan fingerprint density at radius 3 is 2.25 bits per heavy atom. The molecule has 0 heteroatoms. The Balaban J connectivity index is 3.60. The lowest BCUT2D eigenvalue weighted by molar-refractivity contribution is 0.495. The standard InChI is InChI=1S/C12H24/c1-5-8-9-10-12(7-3)11(4)6-2/h12H,4-10H2,1-3H3. The van der Waals surface area contributed by atoms with Crippen LogP contribution in [0.15, 0.2) is 12.2 Å². The number of hydrogen-bond acceptors (Lipinski definition) is 0. The van der Waals surface area contributed by atoms with Gasteiger partial charge < -0.3 is 0 Å². The molecular weight excluding hydrogens is 144 g/mol. The largest absolute Gasteiger partial charge is 0.0996 e. The molecule has 0 aliphatic heterocycles. The Hall–Kier alpha value is -0.260. The highest BCUT2D eigenvalue weighted by Crippen LogP contribution is 2.22. The molecule has 72 valence electrons. The molecule has 1 atom stereocenters. The molecule has 0 aliphatic carbocycles. The Morgan fingerprint density at radius 2 is 1.83 bits per heavy atom. The Labute approximate surface area is 78.1 Å². The minimum Gasteiger partial charge on any atom is -0.0996 e. The van der Waals surface area contributed by atoms with Crippen LogP contribution < -0.4 is 0 Å². The predicted octanol–water partition coefficient (Wildman–Crippen LogP) is 4.56. The van der Waals surface area contributed by atoms with E-state index in [1.54, 1.807) is 0 Å². The minimum absolute atomic E-state index is 0.793. The monoisotopic (exact) mass is 168 g/mol. The quantitative estimate of drug-likeness (QED) is 0.386. The van der Waals surface area contributed by atoms with E-state index in [0.29, 0.717) is 0 Å². The van der Waals surface area contributed by atoms with E-state index in [2.05, 4.69) is 27.4 Å². The van der Waals surface area contributed by atoms with Gasteiger partial charge in [-0.05, 0) is 25.2 Å². The minimum atomic E-state index is 0.793. The van der Waals surface area contributed by atoms with Crippen molar-refractivity contribution < 1.29 is 0 Å². The summed E-state index contributed by atoms with van der Waals surface area (Å²) in [6.07, 6.45) is 7.88. The summed E-state index contributed by atoms with van der Waals surface area (Å²) in [6.45, 7) is 10.9. The van der Waals surface area contributed by atoms with Crippen molar-refractivity contribution >= 4 is 0 Å². The molecule has 0 aromatic heterocycles. The van der Waals surface area contributed by atoms with Gasteiger partial charge in [0.1, 0.15) is 0 Å². The normalized spacial score (nSPS) is 12.9. The van der Waals surface area contributed by atoms with Crippen molar-refractivity contribution in [1.29, 1.82) is 0 Å². The van der Waals surface area contributed by atoms with Crippen LogP contribution in [0.4, 0.5) is 0 Å². The molecule has 0 saturated carbocycles. The van der Waals surface area contributed by atoms with Crippen molar-refractivity contribution in [3.63, 3.8) is 0 Å². The fourth-order valence-electron chi connectivity index (χ4n) is 1.63. The zero-order valence-electron chi connectivity index (χ0n) is 9.03. The molecule has 0 aromatic carbocycles. The lowest BCUT2D eigenvalue weighted by Gasteiger charge is -2.16. The van der Waals surface area contributed by atoms with Gasteiger partial charge in [-0.25, -0.2) is 0 Å². The van der Waals surface area contributed by atoms with Crippen LogP contribution in [0.3, 0.4) is 0 Å². The van der Waals surface area contributed by atoms with Crippen LogP contribution >= 0.6 is 0 Å². The van der Waals surface area contributed by atoms with Gasteiger partial charge in [-0.3, -0.25) is 0 Å². The van der Waals surface area contributed by atoms with Gasteiger partial charge in [-0.2, -0.15) is 0 Å². The number of rotatable bonds is 7. The maximum absolute atomic E-state index is 4.12. The molecule has 1 unspecified atom stereocenters. The van der Waals surface area contributed by atoms with Gasteiger partial charge in [0, 0.05) is 0 Å². The van der Waals surface area contributed by atoms with Gasteiger partial charge in [-0.1, -0.05) is 52.2 Å². The molecule has 0 N–H and O–H groups in total. The van der Waals surface area contributed by atoms with Gasteiger partial charge in [0.15, 0.2) is 0 Å². The van der Waals surface area contributed by atoms with Crippen LogP contribution in [0.1, 0.15) is 59.3 Å². The second-order valence-corrected chi connectivity index (χ2v) is 3.61. The van der Waals surface area contributed by atoms with Gasteiger partial charge in [0.25, 0.3) is 0 Å². The van der Waals surface area contributed by atoms with Crippen molar-refractivity contribution in [2.75, 3.05) is 0 Å². The molecule has 0 nitrogen and oxygen atoms in total. The maximum atomic E-state index is 4.12. The summed E-state index contributed by atoms with van der Waals surface area (Å²) in [7, 11) is 0. The summed E-state index contributed by atoms with van der Waals surface area (Å²) >= 11 is 0. The molecule has 0 amide bonds. The second kappa shape index (κ2) is 7.39. The summed E-state index contributed by atoms with van der Waals surface area (Å²) in [6, 6.07) is 0. The molecular formula is C12H24. The van der Waals surface area contributed by atoms with Crippen molar-refractivity contribution in [2.45, 2.75) is 59.3 Å². The summed E-state index contributed by atoms with van der Waals surface area (Å²) in [5, 5.41) is 0. The van der Waals surface area contributed by atoms with Crippen LogP contribution in [0.2, 0.25) is 0 Å². The molecule has 0 fully saturated rings. The Bertz CT molecular complexity index is 113. The summed E-state index contributed by atoms with van der Waals surface area (Å²) in [4.78, 5) is 0. The van der Waals surface area contributed by atoms with Crippen LogP contribution in [0.25, 0.3) is 0 Å². The fraction of sp³-hybridized carbons (Fsp3) is 0.833. The van der Waals surface area contributed by atoms with E-state index in [0.717, 1.165) is 12.3 Å². The molecule has 0 spiro atoms. The topological polar surface area (TPSA) is 0 Å². The first kappa shape index (κ1) is 11.7. The summed E-state index contributed by atoms with van der Waals surface area (Å²) in [5.41, 5.74) is 1.45. The zero-order chi connectivity index (χ0) is 9.40. The number of allylic oxidation sites excluding steroid dienone is 1. The third kappa shape index (κ3) is 4.58. The molecule has 12 heavy (non-hydrogen) atoms. The van der Waals surface area contributed by atoms with Crippen LogP contribution in [0.5, 0.6) is 0 Å². The van der Waals surface area contributed by atoms with Crippen molar-refractivity contribution in [3.8, 4) is 0 Å². The molecule has 0 bridgehead atoms. The van der Waals surface area contributed by atoms with E-state index >= 15 is 0 Å². The second-order valence-electron chi connectivity index (χ2n) is 3.61. The van der Waals surface area contributed by atoms with Crippen molar-refractivity contribution in [2.24, 2.45) is 5.92 Å². The zero-order valence-corrected chi connectivity index (χ0v) is 9.03. The van der Waals surface area contributed by atoms with E-state index in [1.165, 1.54) is 37.7 Å². The highest BCUT2D eigenvalue weighted by Gasteiger charge is 2.07. The first-order valence-electron chi connectivity index (χ1n) is 5.43. The predicted molar refractivity (Wildman–Crippen MR) is 57.4 cm³/mol. The SMILES string of the molecule is C=C(CC)C(CC)CCCCC. The number of unbranched alkanes of at least 4 members (excludes halogenated alkanes) is 2. The van der Waals surface area contributed by atoms with Crippen molar-refractivity contribution in [1.82, 2.24) is 0 Å². The molecule has 0 aromatic rings. The van der Waals surface area contributed by atoms with Crippen LogP contribution in [-0.4, -0.2) is 0 Å². The average molecular weight is 168 g/mol. The van der Waals surface area contributed by atoms with E-state index in [1.807, 2.05) is 0 Å². The number of hydrogen-bond donors (Lipinski definition) is 0.